The minimum Gasteiger partial charge on any atom is -0.328 e. The molecule has 0 aliphatic carbocycles. The van der Waals surface area contributed by atoms with E-state index in [-0.39, 0.29) is 11.9 Å². The highest BCUT2D eigenvalue weighted by atomic mass is 32.2. The molecule has 4 nitrogen and oxygen atoms in total. The van der Waals surface area contributed by atoms with E-state index in [1.54, 1.807) is 29.3 Å². The van der Waals surface area contributed by atoms with Crippen LogP contribution in [0.5, 0.6) is 0 Å². The van der Waals surface area contributed by atoms with E-state index in [0.29, 0.717) is 5.69 Å². The number of rotatable bonds is 3. The van der Waals surface area contributed by atoms with Crippen molar-refractivity contribution >= 4 is 40.3 Å². The SMILES string of the molecule is CSc1nc(C(=O)N2CCC[C@H]2c2nccs2)cs1. The van der Waals surface area contributed by atoms with Crippen molar-refractivity contribution in [2.45, 2.75) is 23.2 Å². The molecule has 19 heavy (non-hydrogen) atoms. The number of hydrogen-bond acceptors (Lipinski definition) is 6. The van der Waals surface area contributed by atoms with Crippen LogP contribution in [0.4, 0.5) is 0 Å². The average Bonchev–Trinajstić information content (AvgIpc) is 3.16. The van der Waals surface area contributed by atoms with E-state index in [1.807, 2.05) is 21.9 Å². The van der Waals surface area contributed by atoms with E-state index in [4.69, 9.17) is 0 Å². The van der Waals surface area contributed by atoms with Crippen LogP contribution in [0.3, 0.4) is 0 Å². The van der Waals surface area contributed by atoms with Gasteiger partial charge in [0.15, 0.2) is 0 Å². The molecule has 3 rings (SSSR count). The van der Waals surface area contributed by atoms with Crippen LogP contribution in [0.2, 0.25) is 0 Å². The largest absolute Gasteiger partial charge is 0.328 e. The van der Waals surface area contributed by atoms with Crippen LogP contribution in [0.25, 0.3) is 0 Å². The molecule has 1 atom stereocenters. The van der Waals surface area contributed by atoms with Crippen molar-refractivity contribution in [1.82, 2.24) is 14.9 Å². The fourth-order valence-electron chi connectivity index (χ4n) is 2.26. The van der Waals surface area contributed by atoms with Gasteiger partial charge in [-0.15, -0.1) is 22.7 Å². The van der Waals surface area contributed by atoms with E-state index in [1.165, 1.54) is 11.3 Å². The van der Waals surface area contributed by atoms with E-state index >= 15 is 0 Å². The van der Waals surface area contributed by atoms with E-state index in [9.17, 15) is 4.79 Å². The zero-order valence-electron chi connectivity index (χ0n) is 10.4. The van der Waals surface area contributed by atoms with Gasteiger partial charge in [0.2, 0.25) is 0 Å². The van der Waals surface area contributed by atoms with Gasteiger partial charge in [-0.3, -0.25) is 4.79 Å². The van der Waals surface area contributed by atoms with Crippen molar-refractivity contribution in [2.24, 2.45) is 0 Å². The Hall–Kier alpha value is -0.920. The van der Waals surface area contributed by atoms with Gasteiger partial charge in [-0.2, -0.15) is 0 Å². The minimum atomic E-state index is 0.0363. The van der Waals surface area contributed by atoms with Gasteiger partial charge in [0, 0.05) is 23.5 Å². The molecule has 1 aliphatic heterocycles. The van der Waals surface area contributed by atoms with Crippen molar-refractivity contribution in [3.8, 4) is 0 Å². The summed E-state index contributed by atoms with van der Waals surface area (Å²) in [7, 11) is 0. The first-order valence-electron chi connectivity index (χ1n) is 5.99. The second kappa shape index (κ2) is 5.60. The van der Waals surface area contributed by atoms with Crippen molar-refractivity contribution in [3.63, 3.8) is 0 Å². The molecule has 0 aromatic carbocycles. The average molecular weight is 311 g/mol. The molecule has 7 heteroatoms. The predicted molar refractivity (Wildman–Crippen MR) is 79.0 cm³/mol. The molecule has 0 bridgehead atoms. The highest BCUT2D eigenvalue weighted by Crippen LogP contribution is 2.34. The van der Waals surface area contributed by atoms with Gasteiger partial charge in [-0.25, -0.2) is 9.97 Å². The molecular weight excluding hydrogens is 298 g/mol. The summed E-state index contributed by atoms with van der Waals surface area (Å²) in [5, 5.41) is 4.85. The molecule has 0 unspecified atom stereocenters. The number of carbonyl (C=O) groups is 1. The van der Waals surface area contributed by atoms with Crippen molar-refractivity contribution in [3.05, 3.63) is 27.7 Å². The maximum absolute atomic E-state index is 12.5. The molecule has 1 saturated heterocycles. The molecule has 0 radical (unpaired) electrons. The first-order chi connectivity index (χ1) is 9.29. The molecule has 2 aromatic rings. The maximum Gasteiger partial charge on any atom is 0.273 e. The molecule has 1 fully saturated rings. The highest BCUT2D eigenvalue weighted by Gasteiger charge is 2.33. The molecular formula is C12H13N3OS3. The van der Waals surface area contributed by atoms with Crippen LogP contribution in [0.15, 0.2) is 21.3 Å². The standard InChI is InChI=1S/C12H13N3OS3/c1-17-12-14-8(7-19-12)11(16)15-5-2-3-9(15)10-13-4-6-18-10/h4,6-7,9H,2-3,5H2,1H3/t9-/m0/s1. The summed E-state index contributed by atoms with van der Waals surface area (Å²) in [6.45, 7) is 0.801. The number of aromatic nitrogens is 2. The first kappa shape index (κ1) is 13.1. The summed E-state index contributed by atoms with van der Waals surface area (Å²) in [6, 6.07) is 0.131. The Balaban J connectivity index is 1.82. The fourth-order valence-corrected chi connectivity index (χ4v) is 4.28. The molecule has 3 heterocycles. The molecule has 100 valence electrons. The van der Waals surface area contributed by atoms with Gasteiger partial charge < -0.3 is 4.90 Å². The summed E-state index contributed by atoms with van der Waals surface area (Å²) < 4.78 is 0.938. The quantitative estimate of drug-likeness (QED) is 0.816. The Morgan fingerprint density at radius 2 is 2.42 bits per heavy atom. The lowest BCUT2D eigenvalue weighted by atomic mass is 10.2. The van der Waals surface area contributed by atoms with Crippen LogP contribution in [-0.4, -0.2) is 33.6 Å². The summed E-state index contributed by atoms with van der Waals surface area (Å²) in [5.74, 6) is 0.0363. The molecule has 1 amide bonds. The Kier molecular flexibility index (Phi) is 3.86. The number of nitrogens with zero attached hydrogens (tertiary/aromatic N) is 3. The lowest BCUT2D eigenvalue weighted by Crippen LogP contribution is -2.30. The topological polar surface area (TPSA) is 46.1 Å². The first-order valence-corrected chi connectivity index (χ1v) is 8.98. The molecule has 0 spiro atoms. The number of hydrogen-bond donors (Lipinski definition) is 0. The van der Waals surface area contributed by atoms with Crippen molar-refractivity contribution in [1.29, 1.82) is 0 Å². The number of likely N-dealkylation sites (tertiary alicyclic amines) is 1. The van der Waals surface area contributed by atoms with Gasteiger partial charge in [-0.1, -0.05) is 11.8 Å². The van der Waals surface area contributed by atoms with Crippen LogP contribution in [0.1, 0.15) is 34.4 Å². The smallest absolute Gasteiger partial charge is 0.273 e. The lowest BCUT2D eigenvalue weighted by molar-refractivity contribution is 0.0730. The molecule has 0 saturated carbocycles. The Labute approximate surface area is 123 Å². The Morgan fingerprint density at radius 3 is 3.11 bits per heavy atom. The third kappa shape index (κ3) is 2.54. The van der Waals surface area contributed by atoms with Gasteiger partial charge in [0.25, 0.3) is 5.91 Å². The minimum absolute atomic E-state index is 0.0363. The summed E-state index contributed by atoms with van der Waals surface area (Å²) in [5.41, 5.74) is 0.567. The third-order valence-corrected chi connectivity index (χ3v) is 5.87. The van der Waals surface area contributed by atoms with Crippen LogP contribution >= 0.6 is 34.4 Å². The second-order valence-electron chi connectivity index (χ2n) is 4.23. The van der Waals surface area contributed by atoms with Crippen LogP contribution in [-0.2, 0) is 0 Å². The van der Waals surface area contributed by atoms with Gasteiger partial charge >= 0.3 is 0 Å². The second-order valence-corrected chi connectivity index (χ2v) is 7.07. The van der Waals surface area contributed by atoms with E-state index in [2.05, 4.69) is 9.97 Å². The van der Waals surface area contributed by atoms with E-state index in [0.717, 1.165) is 28.7 Å². The molecule has 0 N–H and O–H groups in total. The highest BCUT2D eigenvalue weighted by molar-refractivity contribution is 8.00. The fraction of sp³-hybridized carbons (Fsp3) is 0.417. The maximum atomic E-state index is 12.5. The monoisotopic (exact) mass is 311 g/mol. The summed E-state index contributed by atoms with van der Waals surface area (Å²) in [6.07, 6.45) is 5.81. The Morgan fingerprint density at radius 1 is 1.53 bits per heavy atom. The van der Waals surface area contributed by atoms with E-state index < -0.39 is 0 Å². The van der Waals surface area contributed by atoms with Crippen LogP contribution in [0, 0.1) is 0 Å². The van der Waals surface area contributed by atoms with Gasteiger partial charge in [0.1, 0.15) is 15.0 Å². The van der Waals surface area contributed by atoms with Gasteiger partial charge in [0.05, 0.1) is 6.04 Å². The van der Waals surface area contributed by atoms with Crippen molar-refractivity contribution in [2.75, 3.05) is 12.8 Å². The predicted octanol–water partition coefficient (Wildman–Crippen LogP) is 3.30. The number of amides is 1. The number of thioether (sulfide) groups is 1. The third-order valence-electron chi connectivity index (χ3n) is 3.13. The molecule has 2 aromatic heterocycles. The number of carbonyl (C=O) groups excluding carboxylic acids is 1. The van der Waals surface area contributed by atoms with Crippen LogP contribution < -0.4 is 0 Å². The molecule has 1 aliphatic rings. The lowest BCUT2D eigenvalue weighted by Gasteiger charge is -2.22. The van der Waals surface area contributed by atoms with Gasteiger partial charge in [-0.05, 0) is 19.1 Å². The Bertz CT molecular complexity index is 567. The van der Waals surface area contributed by atoms with Crippen molar-refractivity contribution < 1.29 is 4.79 Å². The zero-order valence-corrected chi connectivity index (χ0v) is 12.9. The summed E-state index contributed by atoms with van der Waals surface area (Å²) in [4.78, 5) is 23.1. The number of thiazole rings is 2. The zero-order chi connectivity index (χ0) is 13.2. The summed E-state index contributed by atoms with van der Waals surface area (Å²) >= 11 is 4.72. The normalized spacial score (nSPS) is 19.0.